The van der Waals surface area contributed by atoms with Crippen LogP contribution in [0.3, 0.4) is 0 Å². The van der Waals surface area contributed by atoms with E-state index in [1.54, 1.807) is 0 Å². The molecule has 1 aliphatic heterocycles. The van der Waals surface area contributed by atoms with Crippen molar-refractivity contribution in [1.82, 2.24) is 10.2 Å². The first-order chi connectivity index (χ1) is 9.86. The van der Waals surface area contributed by atoms with Crippen LogP contribution in [-0.4, -0.2) is 43.0 Å². The molecule has 4 nitrogen and oxygen atoms in total. The highest BCUT2D eigenvalue weighted by atomic mass is 35.5. The first-order valence-corrected chi connectivity index (χ1v) is 7.71. The van der Waals surface area contributed by atoms with Gasteiger partial charge in [0.2, 0.25) is 5.91 Å². The molecule has 1 aromatic carbocycles. The van der Waals surface area contributed by atoms with Gasteiger partial charge in [0, 0.05) is 31.4 Å². The van der Waals surface area contributed by atoms with E-state index in [2.05, 4.69) is 55.4 Å². The molecule has 2 N–H and O–H groups in total. The molecule has 1 aliphatic rings. The molecular weight excluding hydrogens is 298 g/mol. The number of amides is 1. The zero-order valence-corrected chi connectivity index (χ0v) is 14.8. The van der Waals surface area contributed by atoms with Gasteiger partial charge in [-0.3, -0.25) is 9.69 Å². The predicted octanol–water partition coefficient (Wildman–Crippen LogP) is 2.64. The lowest BCUT2D eigenvalue weighted by Gasteiger charge is -2.33. The second-order valence-electron chi connectivity index (χ2n) is 6.90. The van der Waals surface area contributed by atoms with Crippen LogP contribution in [0.4, 0.5) is 5.69 Å². The normalized spacial score (nSPS) is 19.4. The van der Waals surface area contributed by atoms with Crippen LogP contribution in [-0.2, 0) is 10.2 Å². The average molecular weight is 326 g/mol. The molecule has 0 radical (unpaired) electrons. The van der Waals surface area contributed by atoms with Gasteiger partial charge in [0.15, 0.2) is 0 Å². The van der Waals surface area contributed by atoms with Gasteiger partial charge in [0.25, 0.3) is 0 Å². The number of halogens is 1. The van der Waals surface area contributed by atoms with Gasteiger partial charge in [-0.15, -0.1) is 12.4 Å². The van der Waals surface area contributed by atoms with Gasteiger partial charge in [-0.25, -0.2) is 0 Å². The summed E-state index contributed by atoms with van der Waals surface area (Å²) in [6, 6.07) is 8.55. The molecule has 2 rings (SSSR count). The van der Waals surface area contributed by atoms with Crippen molar-refractivity contribution in [2.24, 2.45) is 0 Å². The Labute approximate surface area is 140 Å². The Kier molecular flexibility index (Phi) is 6.85. The lowest BCUT2D eigenvalue weighted by molar-refractivity contribution is -0.118. The van der Waals surface area contributed by atoms with E-state index in [0.717, 1.165) is 25.3 Å². The first-order valence-electron chi connectivity index (χ1n) is 7.71. The molecule has 0 aliphatic carbocycles. The monoisotopic (exact) mass is 325 g/mol. The van der Waals surface area contributed by atoms with Crippen LogP contribution in [0.2, 0.25) is 0 Å². The molecule has 0 unspecified atom stereocenters. The van der Waals surface area contributed by atoms with Crippen molar-refractivity contribution in [3.8, 4) is 0 Å². The predicted molar refractivity (Wildman–Crippen MR) is 94.9 cm³/mol. The van der Waals surface area contributed by atoms with Crippen LogP contribution < -0.4 is 10.6 Å². The Balaban J connectivity index is 0.00000242. The molecule has 1 heterocycles. The lowest BCUT2D eigenvalue weighted by atomic mass is 9.87. The molecular formula is C17H28ClN3O. The van der Waals surface area contributed by atoms with E-state index >= 15 is 0 Å². The van der Waals surface area contributed by atoms with Crippen LogP contribution in [0.1, 0.15) is 33.3 Å². The van der Waals surface area contributed by atoms with Crippen molar-refractivity contribution >= 4 is 24.0 Å². The lowest BCUT2D eigenvalue weighted by Crippen LogP contribution is -2.51. The highest BCUT2D eigenvalue weighted by Gasteiger charge is 2.20. The number of nitrogens with one attached hydrogen (secondary N) is 2. The Morgan fingerprint density at radius 3 is 2.50 bits per heavy atom. The van der Waals surface area contributed by atoms with Crippen molar-refractivity contribution in [2.75, 3.05) is 31.5 Å². The third kappa shape index (κ3) is 5.27. The van der Waals surface area contributed by atoms with Gasteiger partial charge in [-0.2, -0.15) is 0 Å². The molecule has 0 bridgehead atoms. The third-order valence-electron chi connectivity index (χ3n) is 4.02. The summed E-state index contributed by atoms with van der Waals surface area (Å²) in [5, 5.41) is 6.32. The smallest absolute Gasteiger partial charge is 0.238 e. The molecule has 5 heteroatoms. The Morgan fingerprint density at radius 2 is 1.95 bits per heavy atom. The summed E-state index contributed by atoms with van der Waals surface area (Å²) in [6.45, 7) is 12.0. The van der Waals surface area contributed by atoms with E-state index in [4.69, 9.17) is 0 Å². The Morgan fingerprint density at radius 1 is 1.32 bits per heavy atom. The first kappa shape index (κ1) is 18.9. The second kappa shape index (κ2) is 7.95. The van der Waals surface area contributed by atoms with E-state index in [0.29, 0.717) is 12.6 Å². The summed E-state index contributed by atoms with van der Waals surface area (Å²) in [4.78, 5) is 14.4. The fourth-order valence-corrected chi connectivity index (χ4v) is 2.56. The summed E-state index contributed by atoms with van der Waals surface area (Å²) in [5.74, 6) is 0.0623. The van der Waals surface area contributed by atoms with Crippen molar-refractivity contribution < 1.29 is 4.79 Å². The summed E-state index contributed by atoms with van der Waals surface area (Å²) in [6.07, 6.45) is 0. The topological polar surface area (TPSA) is 44.4 Å². The van der Waals surface area contributed by atoms with Gasteiger partial charge < -0.3 is 10.6 Å². The highest BCUT2D eigenvalue weighted by Crippen LogP contribution is 2.23. The van der Waals surface area contributed by atoms with E-state index < -0.39 is 0 Å². The zero-order valence-electron chi connectivity index (χ0n) is 14.0. The summed E-state index contributed by atoms with van der Waals surface area (Å²) in [5.41, 5.74) is 2.28. The maximum atomic E-state index is 12.1. The molecule has 1 atom stereocenters. The van der Waals surface area contributed by atoms with Gasteiger partial charge >= 0.3 is 0 Å². The minimum Gasteiger partial charge on any atom is -0.325 e. The van der Waals surface area contributed by atoms with Crippen LogP contribution in [0.25, 0.3) is 0 Å². The summed E-state index contributed by atoms with van der Waals surface area (Å²) >= 11 is 0. The number of benzene rings is 1. The largest absolute Gasteiger partial charge is 0.325 e. The van der Waals surface area contributed by atoms with Crippen LogP contribution in [0.5, 0.6) is 0 Å². The second-order valence-corrected chi connectivity index (χ2v) is 6.90. The van der Waals surface area contributed by atoms with Gasteiger partial charge in [-0.05, 0) is 30.0 Å². The van der Waals surface area contributed by atoms with Crippen LogP contribution >= 0.6 is 12.4 Å². The third-order valence-corrected chi connectivity index (χ3v) is 4.02. The van der Waals surface area contributed by atoms with E-state index in [-0.39, 0.29) is 23.7 Å². The maximum absolute atomic E-state index is 12.1. The molecule has 1 aromatic rings. The Hall–Kier alpha value is -1.10. The quantitative estimate of drug-likeness (QED) is 0.898. The summed E-state index contributed by atoms with van der Waals surface area (Å²) in [7, 11) is 0. The maximum Gasteiger partial charge on any atom is 0.238 e. The van der Waals surface area contributed by atoms with Crippen LogP contribution in [0.15, 0.2) is 24.3 Å². The number of hydrogen-bond donors (Lipinski definition) is 2. The van der Waals surface area contributed by atoms with Crippen molar-refractivity contribution in [2.45, 2.75) is 39.2 Å². The number of piperazine rings is 1. The van der Waals surface area contributed by atoms with Crippen molar-refractivity contribution in [1.29, 1.82) is 0 Å². The van der Waals surface area contributed by atoms with E-state index in [9.17, 15) is 4.79 Å². The van der Waals surface area contributed by atoms with Gasteiger partial charge in [0.05, 0.1) is 6.54 Å². The number of anilines is 1. The van der Waals surface area contributed by atoms with Crippen molar-refractivity contribution in [3.63, 3.8) is 0 Å². The molecule has 1 amide bonds. The minimum atomic E-state index is 0. The standard InChI is InChI=1S/C17H27N3O.ClH/c1-13-11-18-9-10-20(13)12-16(21)19-15-7-5-14(6-8-15)17(2,3)4;/h5-8,13,18H,9-12H2,1-4H3,(H,19,21);1H/t13-;/m1./s1. The minimum absolute atomic E-state index is 0. The molecule has 0 aromatic heterocycles. The van der Waals surface area contributed by atoms with Gasteiger partial charge in [0.1, 0.15) is 0 Å². The number of carbonyl (C=O) groups is 1. The number of carbonyl (C=O) groups excluding carboxylic acids is 1. The van der Waals surface area contributed by atoms with Gasteiger partial charge in [-0.1, -0.05) is 32.9 Å². The highest BCUT2D eigenvalue weighted by molar-refractivity contribution is 5.92. The van der Waals surface area contributed by atoms with E-state index in [1.807, 2.05) is 12.1 Å². The number of nitrogens with zero attached hydrogens (tertiary/aromatic N) is 1. The molecule has 124 valence electrons. The fourth-order valence-electron chi connectivity index (χ4n) is 2.56. The summed E-state index contributed by atoms with van der Waals surface area (Å²) < 4.78 is 0. The fraction of sp³-hybridized carbons (Fsp3) is 0.588. The average Bonchev–Trinajstić information content (AvgIpc) is 2.41. The van der Waals surface area contributed by atoms with E-state index in [1.165, 1.54) is 5.56 Å². The number of rotatable bonds is 3. The molecule has 22 heavy (non-hydrogen) atoms. The Bertz CT molecular complexity index is 482. The van der Waals surface area contributed by atoms with Crippen molar-refractivity contribution in [3.05, 3.63) is 29.8 Å². The zero-order chi connectivity index (χ0) is 15.5. The molecule has 0 spiro atoms. The molecule has 1 saturated heterocycles. The molecule has 1 fully saturated rings. The SMILES string of the molecule is C[C@@H]1CNCCN1CC(=O)Nc1ccc(C(C)(C)C)cc1.Cl. The van der Waals surface area contributed by atoms with Crippen LogP contribution in [0, 0.1) is 0 Å². The number of hydrogen-bond acceptors (Lipinski definition) is 3. The molecule has 0 saturated carbocycles.